The Labute approximate surface area is 195 Å². The Morgan fingerprint density at radius 3 is 2.36 bits per heavy atom. The lowest BCUT2D eigenvalue weighted by atomic mass is 9.98. The first kappa shape index (κ1) is 22.8. The van der Waals surface area contributed by atoms with Crippen molar-refractivity contribution >= 4 is 26.5 Å². The van der Waals surface area contributed by atoms with Crippen molar-refractivity contribution in [2.75, 3.05) is 18.1 Å². The lowest BCUT2D eigenvalue weighted by Gasteiger charge is -2.18. The van der Waals surface area contributed by atoms with Crippen LogP contribution in [0.15, 0.2) is 84.9 Å². The van der Waals surface area contributed by atoms with Gasteiger partial charge in [-0.25, -0.2) is 8.42 Å². The molecule has 0 aromatic heterocycles. The number of rotatable bonds is 8. The summed E-state index contributed by atoms with van der Waals surface area (Å²) in [5, 5.41) is 6.08. The normalized spacial score (nSPS) is 12.5. The molecule has 0 saturated heterocycles. The van der Waals surface area contributed by atoms with Crippen LogP contribution < -0.4 is 14.8 Å². The third-order valence-electron chi connectivity index (χ3n) is 5.68. The third-order valence-corrected chi connectivity index (χ3v) is 6.27. The second-order valence-corrected chi connectivity index (χ2v) is 9.90. The molecule has 5 nitrogen and oxygen atoms in total. The zero-order valence-corrected chi connectivity index (χ0v) is 19.8. The van der Waals surface area contributed by atoms with Gasteiger partial charge in [-0.05, 0) is 58.7 Å². The predicted octanol–water partition coefficient (Wildman–Crippen LogP) is 5.74. The van der Waals surface area contributed by atoms with Gasteiger partial charge in [0, 0.05) is 18.2 Å². The minimum atomic E-state index is -3.41. The number of ether oxygens (including phenoxy) is 1. The zero-order valence-electron chi connectivity index (χ0n) is 19.0. The van der Waals surface area contributed by atoms with Gasteiger partial charge in [-0.3, -0.25) is 4.72 Å². The maximum absolute atomic E-state index is 11.9. The minimum Gasteiger partial charge on any atom is -0.497 e. The van der Waals surface area contributed by atoms with E-state index in [2.05, 4.69) is 59.4 Å². The molecule has 0 aliphatic rings. The van der Waals surface area contributed by atoms with E-state index in [1.165, 1.54) is 16.3 Å². The third kappa shape index (κ3) is 5.53. The second kappa shape index (κ2) is 9.65. The van der Waals surface area contributed by atoms with E-state index in [4.69, 9.17) is 4.74 Å². The van der Waals surface area contributed by atoms with Crippen molar-refractivity contribution in [2.45, 2.75) is 19.5 Å². The first-order valence-corrected chi connectivity index (χ1v) is 12.7. The molecule has 0 saturated carbocycles. The van der Waals surface area contributed by atoms with Gasteiger partial charge < -0.3 is 10.1 Å². The quantitative estimate of drug-likeness (QED) is 0.352. The fourth-order valence-corrected chi connectivity index (χ4v) is 4.59. The molecular formula is C27H28N2O3S. The monoisotopic (exact) mass is 460 g/mol. The molecule has 2 N–H and O–H groups in total. The Balaban J connectivity index is 1.61. The van der Waals surface area contributed by atoms with Crippen molar-refractivity contribution in [3.8, 4) is 16.9 Å². The van der Waals surface area contributed by atoms with Crippen LogP contribution in [0.3, 0.4) is 0 Å². The summed E-state index contributed by atoms with van der Waals surface area (Å²) in [6, 6.07) is 28.3. The summed E-state index contributed by atoms with van der Waals surface area (Å²) in [6.07, 6.45) is 1.16. The van der Waals surface area contributed by atoms with Crippen LogP contribution in [0.1, 0.15) is 24.1 Å². The van der Waals surface area contributed by atoms with Crippen LogP contribution in [0, 0.1) is 0 Å². The van der Waals surface area contributed by atoms with Crippen LogP contribution in [0.25, 0.3) is 21.9 Å². The van der Waals surface area contributed by atoms with Gasteiger partial charge in [0.05, 0.1) is 19.1 Å². The van der Waals surface area contributed by atoms with E-state index >= 15 is 0 Å². The maximum atomic E-state index is 11.9. The van der Waals surface area contributed by atoms with Crippen molar-refractivity contribution in [2.24, 2.45) is 0 Å². The van der Waals surface area contributed by atoms with Crippen molar-refractivity contribution in [1.82, 2.24) is 5.32 Å². The van der Waals surface area contributed by atoms with Gasteiger partial charge in [0.25, 0.3) is 0 Å². The van der Waals surface area contributed by atoms with Crippen LogP contribution >= 0.6 is 0 Å². The molecule has 4 aromatic carbocycles. The van der Waals surface area contributed by atoms with Gasteiger partial charge in [0.2, 0.25) is 10.0 Å². The Kier molecular flexibility index (Phi) is 6.67. The molecule has 33 heavy (non-hydrogen) atoms. The number of nitrogens with one attached hydrogen (secondary N) is 2. The number of fused-ring (bicyclic) bond motifs is 1. The van der Waals surface area contributed by atoms with E-state index in [0.29, 0.717) is 12.2 Å². The lowest BCUT2D eigenvalue weighted by molar-refractivity contribution is 0.415. The molecule has 0 aliphatic carbocycles. The standard InChI is InChI=1S/C27H28N2O3S/c1-19(24-10-6-8-21-7-4-5-9-25(21)24)28-18-20-11-16-27(29-33(3,30)31)26(17-20)22-12-14-23(32-2)15-13-22/h4-17,19,28-29H,18H2,1-3H3/t19-/m1/s1. The Bertz CT molecular complexity index is 1360. The highest BCUT2D eigenvalue weighted by atomic mass is 32.2. The molecule has 4 aromatic rings. The Morgan fingerprint density at radius 1 is 0.909 bits per heavy atom. The van der Waals surface area contributed by atoms with Gasteiger partial charge in [-0.2, -0.15) is 0 Å². The predicted molar refractivity (Wildman–Crippen MR) is 136 cm³/mol. The average molecular weight is 461 g/mol. The molecule has 0 radical (unpaired) electrons. The number of hydrogen-bond donors (Lipinski definition) is 2. The molecule has 4 rings (SSSR count). The zero-order chi connectivity index (χ0) is 23.4. The van der Waals surface area contributed by atoms with Crippen molar-refractivity contribution in [3.05, 3.63) is 96.1 Å². The van der Waals surface area contributed by atoms with Crippen molar-refractivity contribution in [3.63, 3.8) is 0 Å². The van der Waals surface area contributed by atoms with Gasteiger partial charge in [0.15, 0.2) is 0 Å². The van der Waals surface area contributed by atoms with E-state index in [1.807, 2.05) is 42.5 Å². The Morgan fingerprint density at radius 2 is 1.64 bits per heavy atom. The van der Waals surface area contributed by atoms with E-state index in [1.54, 1.807) is 7.11 Å². The molecule has 0 heterocycles. The fourth-order valence-electron chi connectivity index (χ4n) is 4.01. The molecule has 0 unspecified atom stereocenters. The van der Waals surface area contributed by atoms with Gasteiger partial charge in [0.1, 0.15) is 5.75 Å². The Hall–Kier alpha value is -3.35. The molecule has 0 bridgehead atoms. The van der Waals surface area contributed by atoms with Gasteiger partial charge in [-0.15, -0.1) is 0 Å². The van der Waals surface area contributed by atoms with Gasteiger partial charge in [-0.1, -0.05) is 60.7 Å². The highest BCUT2D eigenvalue weighted by molar-refractivity contribution is 7.92. The summed E-state index contributed by atoms with van der Waals surface area (Å²) in [7, 11) is -1.79. The van der Waals surface area contributed by atoms with Crippen LogP contribution in [0.5, 0.6) is 5.75 Å². The topological polar surface area (TPSA) is 67.4 Å². The first-order valence-electron chi connectivity index (χ1n) is 10.8. The summed E-state index contributed by atoms with van der Waals surface area (Å²) in [5.74, 6) is 0.748. The number of anilines is 1. The molecule has 170 valence electrons. The second-order valence-electron chi connectivity index (χ2n) is 8.15. The maximum Gasteiger partial charge on any atom is 0.229 e. The van der Waals surface area contributed by atoms with E-state index < -0.39 is 10.0 Å². The molecule has 6 heteroatoms. The van der Waals surface area contributed by atoms with Crippen molar-refractivity contribution in [1.29, 1.82) is 0 Å². The molecule has 0 aliphatic heterocycles. The summed E-state index contributed by atoms with van der Waals surface area (Å²) < 4.78 is 31.7. The van der Waals surface area contributed by atoms with Crippen LogP contribution in [-0.2, 0) is 16.6 Å². The van der Waals surface area contributed by atoms with Crippen LogP contribution in [0.2, 0.25) is 0 Å². The number of hydrogen-bond acceptors (Lipinski definition) is 4. The number of benzene rings is 4. The van der Waals surface area contributed by atoms with E-state index in [0.717, 1.165) is 28.7 Å². The van der Waals surface area contributed by atoms with E-state index in [-0.39, 0.29) is 6.04 Å². The summed E-state index contributed by atoms with van der Waals surface area (Å²) in [6.45, 7) is 2.80. The van der Waals surface area contributed by atoms with Crippen LogP contribution in [-0.4, -0.2) is 21.8 Å². The molecular weight excluding hydrogens is 432 g/mol. The lowest BCUT2D eigenvalue weighted by Crippen LogP contribution is -2.18. The molecule has 0 amide bonds. The molecule has 0 fully saturated rings. The first-order chi connectivity index (χ1) is 15.8. The minimum absolute atomic E-state index is 0.148. The summed E-state index contributed by atoms with van der Waals surface area (Å²) in [4.78, 5) is 0. The number of sulfonamides is 1. The smallest absolute Gasteiger partial charge is 0.229 e. The fraction of sp³-hybridized carbons (Fsp3) is 0.185. The van der Waals surface area contributed by atoms with Gasteiger partial charge >= 0.3 is 0 Å². The van der Waals surface area contributed by atoms with Crippen molar-refractivity contribution < 1.29 is 13.2 Å². The van der Waals surface area contributed by atoms with Crippen LogP contribution in [0.4, 0.5) is 5.69 Å². The highest BCUT2D eigenvalue weighted by Crippen LogP contribution is 2.31. The molecule has 1 atom stereocenters. The SMILES string of the molecule is COc1ccc(-c2cc(CN[C@H](C)c3cccc4ccccc34)ccc2NS(C)(=O)=O)cc1. The van der Waals surface area contributed by atoms with E-state index in [9.17, 15) is 8.42 Å². The summed E-state index contributed by atoms with van der Waals surface area (Å²) in [5.41, 5.74) is 4.59. The molecule has 0 spiro atoms. The average Bonchev–Trinajstić information content (AvgIpc) is 2.82. The largest absolute Gasteiger partial charge is 0.497 e. The number of methoxy groups -OCH3 is 1. The summed E-state index contributed by atoms with van der Waals surface area (Å²) >= 11 is 0. The highest BCUT2D eigenvalue weighted by Gasteiger charge is 2.13.